The Morgan fingerprint density at radius 3 is 2.50 bits per heavy atom. The first-order valence-corrected chi connectivity index (χ1v) is 11.6. The summed E-state index contributed by atoms with van der Waals surface area (Å²) in [5, 5.41) is 0.545. The summed E-state index contributed by atoms with van der Waals surface area (Å²) >= 11 is 0. The van der Waals surface area contributed by atoms with Gasteiger partial charge in [0.25, 0.3) is 5.56 Å². The standard InChI is InChI=1S/C28H27N3O3/c1-4-15-30-25-14-9-18(2)16-22(25)23(27(30)32)17-26-29-24-8-6-5-7-21(24)28(33)31(26)19-10-12-20(34-3)13-11-19/h5-14,16,23H,4,15,17H2,1-3H3/t23-/m0/s1. The highest BCUT2D eigenvalue weighted by Gasteiger charge is 2.37. The Bertz CT molecular complexity index is 1440. The Morgan fingerprint density at radius 1 is 1.00 bits per heavy atom. The van der Waals surface area contributed by atoms with Crippen molar-refractivity contribution in [1.29, 1.82) is 0 Å². The third-order valence-corrected chi connectivity index (χ3v) is 6.42. The van der Waals surface area contributed by atoms with E-state index in [-0.39, 0.29) is 17.4 Å². The van der Waals surface area contributed by atoms with Crippen molar-refractivity contribution in [3.8, 4) is 11.4 Å². The molecule has 172 valence electrons. The average Bonchev–Trinajstić information content (AvgIpc) is 3.10. The summed E-state index contributed by atoms with van der Waals surface area (Å²) in [5.41, 5.74) is 4.25. The van der Waals surface area contributed by atoms with Crippen molar-refractivity contribution in [1.82, 2.24) is 9.55 Å². The van der Waals surface area contributed by atoms with Crippen LogP contribution < -0.4 is 15.2 Å². The van der Waals surface area contributed by atoms with E-state index in [1.807, 2.05) is 66.4 Å². The van der Waals surface area contributed by atoms with Gasteiger partial charge in [0.15, 0.2) is 0 Å². The van der Waals surface area contributed by atoms with Crippen LogP contribution in [0.15, 0.2) is 71.5 Å². The molecule has 2 heterocycles. The van der Waals surface area contributed by atoms with Crippen LogP contribution in [0.25, 0.3) is 16.6 Å². The second-order valence-corrected chi connectivity index (χ2v) is 8.69. The van der Waals surface area contributed by atoms with Gasteiger partial charge in [0.2, 0.25) is 5.91 Å². The maximum atomic E-state index is 13.6. The lowest BCUT2D eigenvalue weighted by atomic mass is 9.95. The number of benzene rings is 3. The summed E-state index contributed by atoms with van der Waals surface area (Å²) in [6.45, 7) is 4.77. The van der Waals surface area contributed by atoms with Crippen molar-refractivity contribution < 1.29 is 9.53 Å². The third kappa shape index (κ3) is 3.65. The van der Waals surface area contributed by atoms with Crippen molar-refractivity contribution in [3.63, 3.8) is 0 Å². The molecule has 0 unspecified atom stereocenters. The quantitative estimate of drug-likeness (QED) is 0.421. The monoisotopic (exact) mass is 453 g/mol. The Hall–Kier alpha value is -3.93. The number of amides is 1. The number of hydrogen-bond acceptors (Lipinski definition) is 4. The van der Waals surface area contributed by atoms with E-state index in [2.05, 4.69) is 13.0 Å². The first-order valence-electron chi connectivity index (χ1n) is 11.6. The summed E-state index contributed by atoms with van der Waals surface area (Å²) in [5.74, 6) is 0.945. The molecule has 1 amide bonds. The van der Waals surface area contributed by atoms with Gasteiger partial charge in [-0.25, -0.2) is 4.98 Å². The van der Waals surface area contributed by atoms with Crippen LogP contribution in [0.5, 0.6) is 5.75 Å². The predicted octanol–water partition coefficient (Wildman–Crippen LogP) is 4.79. The minimum absolute atomic E-state index is 0.0612. The molecule has 5 rings (SSSR count). The van der Waals surface area contributed by atoms with Crippen LogP contribution in [0.2, 0.25) is 0 Å². The number of anilines is 1. The largest absolute Gasteiger partial charge is 0.497 e. The molecule has 4 aromatic rings. The number of rotatable bonds is 6. The van der Waals surface area contributed by atoms with Gasteiger partial charge in [0, 0.05) is 18.7 Å². The lowest BCUT2D eigenvalue weighted by Gasteiger charge is -2.18. The number of hydrogen-bond donors (Lipinski definition) is 0. The van der Waals surface area contributed by atoms with Gasteiger partial charge in [-0.2, -0.15) is 0 Å². The van der Waals surface area contributed by atoms with Gasteiger partial charge in [-0.15, -0.1) is 0 Å². The van der Waals surface area contributed by atoms with E-state index in [0.29, 0.717) is 41.1 Å². The van der Waals surface area contributed by atoms with Gasteiger partial charge in [0.1, 0.15) is 11.6 Å². The van der Waals surface area contributed by atoms with Gasteiger partial charge in [-0.05, 0) is 61.4 Å². The molecule has 0 aliphatic carbocycles. The summed E-state index contributed by atoms with van der Waals surface area (Å²) in [6.07, 6.45) is 1.21. The van der Waals surface area contributed by atoms with Gasteiger partial charge >= 0.3 is 0 Å². The second-order valence-electron chi connectivity index (χ2n) is 8.69. The zero-order valence-electron chi connectivity index (χ0n) is 19.6. The SMILES string of the molecule is CCCN1C(=O)[C@@H](Cc2nc3ccccc3c(=O)n2-c2ccc(OC)cc2)c2cc(C)ccc21. The fraction of sp³-hybridized carbons (Fsp3) is 0.250. The molecule has 0 bridgehead atoms. The Morgan fingerprint density at radius 2 is 1.76 bits per heavy atom. The number of carbonyl (C=O) groups is 1. The first kappa shape index (κ1) is 21.9. The maximum absolute atomic E-state index is 13.6. The summed E-state index contributed by atoms with van der Waals surface area (Å²) in [7, 11) is 1.61. The number of carbonyl (C=O) groups excluding carboxylic acids is 1. The number of fused-ring (bicyclic) bond motifs is 2. The highest BCUT2D eigenvalue weighted by atomic mass is 16.5. The smallest absolute Gasteiger partial charge is 0.265 e. The normalized spacial score (nSPS) is 15.1. The zero-order valence-corrected chi connectivity index (χ0v) is 19.6. The molecule has 0 radical (unpaired) electrons. The van der Waals surface area contributed by atoms with Crippen molar-refractivity contribution in [3.05, 3.63) is 94.0 Å². The Kier molecular flexibility index (Phi) is 5.65. The molecule has 6 nitrogen and oxygen atoms in total. The van der Waals surface area contributed by atoms with Crippen LogP contribution in [-0.2, 0) is 11.2 Å². The van der Waals surface area contributed by atoms with E-state index in [9.17, 15) is 9.59 Å². The molecule has 0 saturated heterocycles. The van der Waals surface area contributed by atoms with Crippen molar-refractivity contribution in [2.75, 3.05) is 18.6 Å². The molecule has 1 aromatic heterocycles. The van der Waals surface area contributed by atoms with Crippen LogP contribution in [0, 0.1) is 6.92 Å². The van der Waals surface area contributed by atoms with E-state index in [0.717, 1.165) is 23.2 Å². The van der Waals surface area contributed by atoms with Gasteiger partial charge in [-0.1, -0.05) is 36.8 Å². The summed E-state index contributed by atoms with van der Waals surface area (Å²) in [4.78, 5) is 33.9. The highest BCUT2D eigenvalue weighted by Crippen LogP contribution is 2.40. The van der Waals surface area contributed by atoms with Crippen LogP contribution in [0.1, 0.15) is 36.2 Å². The van der Waals surface area contributed by atoms with Crippen molar-refractivity contribution in [2.24, 2.45) is 0 Å². The number of methoxy groups -OCH3 is 1. The number of nitrogens with zero attached hydrogens (tertiary/aromatic N) is 3. The van der Waals surface area contributed by atoms with E-state index in [1.54, 1.807) is 17.7 Å². The average molecular weight is 454 g/mol. The highest BCUT2D eigenvalue weighted by molar-refractivity contribution is 6.05. The molecule has 6 heteroatoms. The topological polar surface area (TPSA) is 64.4 Å². The van der Waals surface area contributed by atoms with E-state index >= 15 is 0 Å². The minimum atomic E-state index is -0.390. The fourth-order valence-corrected chi connectivity index (χ4v) is 4.79. The lowest BCUT2D eigenvalue weighted by molar-refractivity contribution is -0.119. The fourth-order valence-electron chi connectivity index (χ4n) is 4.79. The molecule has 34 heavy (non-hydrogen) atoms. The second kappa shape index (κ2) is 8.78. The molecule has 3 aromatic carbocycles. The van der Waals surface area contributed by atoms with Gasteiger partial charge in [-0.3, -0.25) is 14.2 Å². The Balaban J connectivity index is 1.67. The van der Waals surface area contributed by atoms with Crippen LogP contribution >= 0.6 is 0 Å². The molecule has 1 aliphatic heterocycles. The lowest BCUT2D eigenvalue weighted by Crippen LogP contribution is -2.31. The molecule has 0 N–H and O–H groups in total. The predicted molar refractivity (Wildman–Crippen MR) is 134 cm³/mol. The molecule has 1 atom stereocenters. The molecule has 0 fully saturated rings. The van der Waals surface area contributed by atoms with E-state index in [1.165, 1.54) is 0 Å². The summed E-state index contributed by atoms with van der Waals surface area (Å²) < 4.78 is 6.92. The Labute approximate surface area is 198 Å². The number of ether oxygens (including phenoxy) is 1. The number of para-hydroxylation sites is 1. The van der Waals surface area contributed by atoms with Crippen LogP contribution in [0.3, 0.4) is 0 Å². The van der Waals surface area contributed by atoms with Crippen LogP contribution in [-0.4, -0.2) is 29.1 Å². The van der Waals surface area contributed by atoms with Crippen molar-refractivity contribution in [2.45, 2.75) is 32.6 Å². The maximum Gasteiger partial charge on any atom is 0.265 e. The van der Waals surface area contributed by atoms with Crippen LogP contribution in [0.4, 0.5) is 5.69 Å². The van der Waals surface area contributed by atoms with Gasteiger partial charge < -0.3 is 9.64 Å². The first-order chi connectivity index (χ1) is 16.5. The number of aryl methyl sites for hydroxylation is 1. The minimum Gasteiger partial charge on any atom is -0.497 e. The zero-order chi connectivity index (χ0) is 23.8. The van der Waals surface area contributed by atoms with E-state index < -0.39 is 0 Å². The molecule has 0 saturated carbocycles. The molecular weight excluding hydrogens is 426 g/mol. The number of aromatic nitrogens is 2. The molecule has 1 aliphatic rings. The molecular formula is C28H27N3O3. The van der Waals surface area contributed by atoms with Gasteiger partial charge in [0.05, 0.1) is 29.6 Å². The summed E-state index contributed by atoms with van der Waals surface area (Å²) in [6, 6.07) is 20.8. The molecule has 0 spiro atoms. The van der Waals surface area contributed by atoms with Crippen molar-refractivity contribution >= 4 is 22.5 Å². The third-order valence-electron chi connectivity index (χ3n) is 6.42. The van der Waals surface area contributed by atoms with E-state index in [4.69, 9.17) is 9.72 Å².